The zero-order valence-electron chi connectivity index (χ0n) is 15.4. The summed E-state index contributed by atoms with van der Waals surface area (Å²) in [5.74, 6) is -0.189. The zero-order chi connectivity index (χ0) is 19.8. The van der Waals surface area contributed by atoms with Gasteiger partial charge >= 0.3 is 0 Å². The smallest absolute Gasteiger partial charge is 0.253 e. The monoisotopic (exact) mass is 394 g/mol. The number of aliphatic hydroxyl groups is 1. The van der Waals surface area contributed by atoms with Gasteiger partial charge in [-0.15, -0.1) is 0 Å². The van der Waals surface area contributed by atoms with Crippen LogP contribution in [0.2, 0.25) is 0 Å². The Kier molecular flexibility index (Phi) is 5.31. The van der Waals surface area contributed by atoms with E-state index in [0.29, 0.717) is 22.8 Å². The van der Waals surface area contributed by atoms with Gasteiger partial charge in [-0.2, -0.15) is 4.98 Å². The van der Waals surface area contributed by atoms with E-state index in [2.05, 4.69) is 10.1 Å². The van der Waals surface area contributed by atoms with Crippen molar-refractivity contribution in [3.05, 3.63) is 35.7 Å². The lowest BCUT2D eigenvalue weighted by molar-refractivity contribution is 0.0765. The molecule has 1 amide bonds. The van der Waals surface area contributed by atoms with Crippen molar-refractivity contribution in [1.29, 1.82) is 0 Å². The number of aliphatic hydroxyl groups excluding tert-OH is 1. The van der Waals surface area contributed by atoms with Gasteiger partial charge in [0.1, 0.15) is 0 Å². The van der Waals surface area contributed by atoms with Crippen LogP contribution in [0.4, 0.5) is 0 Å². The van der Waals surface area contributed by atoms with Crippen molar-refractivity contribution in [2.75, 3.05) is 32.9 Å². The minimum atomic E-state index is -3.46. The highest BCUT2D eigenvalue weighted by molar-refractivity contribution is 7.89. The number of sulfonamides is 1. The molecule has 10 heteroatoms. The standard InChI is InChI=1S/C17H22N4O5S/c1-11-18-16(19-26-11)12-5-4-6-13(7-12)17(23)21-8-14(15(22)9-21)10-27(24,25)20(2)3/h4-7,14-15,22H,8-10H2,1-3H3/t14-,15+/m0/s1. The molecular weight excluding hydrogens is 372 g/mol. The molecule has 27 heavy (non-hydrogen) atoms. The zero-order valence-corrected chi connectivity index (χ0v) is 16.2. The number of amides is 1. The molecule has 1 aromatic heterocycles. The first-order valence-corrected chi connectivity index (χ1v) is 10.1. The molecule has 0 radical (unpaired) electrons. The maximum absolute atomic E-state index is 12.8. The Hall–Kier alpha value is -2.30. The van der Waals surface area contributed by atoms with Gasteiger partial charge in [0.05, 0.1) is 11.9 Å². The fourth-order valence-electron chi connectivity index (χ4n) is 2.99. The van der Waals surface area contributed by atoms with Crippen molar-refractivity contribution in [2.45, 2.75) is 13.0 Å². The summed E-state index contributed by atoms with van der Waals surface area (Å²) >= 11 is 0. The number of hydrogen-bond donors (Lipinski definition) is 1. The van der Waals surface area contributed by atoms with Crippen LogP contribution in [0.25, 0.3) is 11.4 Å². The third kappa shape index (κ3) is 4.18. The second kappa shape index (κ2) is 7.37. The van der Waals surface area contributed by atoms with E-state index in [9.17, 15) is 18.3 Å². The van der Waals surface area contributed by atoms with Crippen LogP contribution in [0.5, 0.6) is 0 Å². The molecule has 1 N–H and O–H groups in total. The van der Waals surface area contributed by atoms with Crippen LogP contribution in [0.3, 0.4) is 0 Å². The van der Waals surface area contributed by atoms with Gasteiger partial charge in [-0.3, -0.25) is 4.79 Å². The molecule has 1 aromatic carbocycles. The molecule has 2 heterocycles. The number of aryl methyl sites for hydroxylation is 1. The van der Waals surface area contributed by atoms with E-state index >= 15 is 0 Å². The van der Waals surface area contributed by atoms with Crippen molar-refractivity contribution >= 4 is 15.9 Å². The van der Waals surface area contributed by atoms with Gasteiger partial charge < -0.3 is 14.5 Å². The van der Waals surface area contributed by atoms with Crippen LogP contribution < -0.4 is 0 Å². The summed E-state index contributed by atoms with van der Waals surface area (Å²) in [5.41, 5.74) is 1.06. The van der Waals surface area contributed by atoms with E-state index < -0.39 is 22.0 Å². The van der Waals surface area contributed by atoms with Gasteiger partial charge in [-0.05, 0) is 12.1 Å². The first-order valence-electron chi connectivity index (χ1n) is 8.45. The van der Waals surface area contributed by atoms with Crippen molar-refractivity contribution in [2.24, 2.45) is 5.92 Å². The van der Waals surface area contributed by atoms with Gasteiger partial charge in [0.25, 0.3) is 5.91 Å². The van der Waals surface area contributed by atoms with E-state index in [0.717, 1.165) is 4.31 Å². The number of likely N-dealkylation sites (tertiary alicyclic amines) is 1. The fourth-order valence-corrected chi connectivity index (χ4v) is 4.16. The van der Waals surface area contributed by atoms with Crippen LogP contribution in [-0.2, 0) is 10.0 Å². The van der Waals surface area contributed by atoms with Crippen LogP contribution in [0, 0.1) is 12.8 Å². The topological polar surface area (TPSA) is 117 Å². The molecule has 0 unspecified atom stereocenters. The summed E-state index contributed by atoms with van der Waals surface area (Å²) in [6.07, 6.45) is -0.883. The number of benzene rings is 1. The summed E-state index contributed by atoms with van der Waals surface area (Å²) in [6.45, 7) is 1.95. The van der Waals surface area contributed by atoms with Crippen molar-refractivity contribution < 1.29 is 22.8 Å². The number of carbonyl (C=O) groups excluding carboxylic acids is 1. The van der Waals surface area contributed by atoms with Gasteiger partial charge in [-0.25, -0.2) is 12.7 Å². The van der Waals surface area contributed by atoms with Gasteiger partial charge in [-0.1, -0.05) is 17.3 Å². The molecule has 0 aliphatic carbocycles. The predicted octanol–water partition coefficient (Wildman–Crippen LogP) is 0.369. The lowest BCUT2D eigenvalue weighted by Gasteiger charge is -2.18. The van der Waals surface area contributed by atoms with Crippen LogP contribution in [-0.4, -0.2) is 77.8 Å². The lowest BCUT2D eigenvalue weighted by Crippen LogP contribution is -2.33. The average Bonchev–Trinajstić information content (AvgIpc) is 3.20. The van der Waals surface area contributed by atoms with Crippen LogP contribution in [0.15, 0.2) is 28.8 Å². The predicted molar refractivity (Wildman–Crippen MR) is 97.3 cm³/mol. The number of carbonyl (C=O) groups is 1. The number of β-amino-alcohol motifs (C(OH)–C–C–N with tert-alkyl or cyclic N) is 1. The minimum absolute atomic E-state index is 0.0952. The Morgan fingerprint density at radius 3 is 2.74 bits per heavy atom. The van der Waals surface area contributed by atoms with Crippen molar-refractivity contribution in [3.8, 4) is 11.4 Å². The van der Waals surface area contributed by atoms with Gasteiger partial charge in [0, 0.05) is 51.2 Å². The molecule has 1 fully saturated rings. The van der Waals surface area contributed by atoms with Crippen molar-refractivity contribution in [1.82, 2.24) is 19.3 Å². The first-order chi connectivity index (χ1) is 12.7. The molecule has 9 nitrogen and oxygen atoms in total. The summed E-state index contributed by atoms with van der Waals surface area (Å²) in [7, 11) is -0.562. The normalized spacial score (nSPS) is 20.4. The number of aromatic nitrogens is 2. The number of hydrogen-bond acceptors (Lipinski definition) is 7. The van der Waals surface area contributed by atoms with E-state index in [1.165, 1.54) is 19.0 Å². The maximum Gasteiger partial charge on any atom is 0.253 e. The van der Waals surface area contributed by atoms with E-state index in [-0.39, 0.29) is 24.7 Å². The summed E-state index contributed by atoms with van der Waals surface area (Å²) < 4.78 is 30.2. The molecule has 0 saturated carbocycles. The average molecular weight is 394 g/mol. The molecule has 1 aliphatic heterocycles. The summed E-state index contributed by atoms with van der Waals surface area (Å²) in [6, 6.07) is 6.80. The van der Waals surface area contributed by atoms with Crippen molar-refractivity contribution in [3.63, 3.8) is 0 Å². The third-order valence-electron chi connectivity index (χ3n) is 4.57. The Bertz CT molecular complexity index is 940. The molecule has 1 saturated heterocycles. The fraction of sp³-hybridized carbons (Fsp3) is 0.471. The highest BCUT2D eigenvalue weighted by Crippen LogP contribution is 2.23. The van der Waals surface area contributed by atoms with E-state index in [1.807, 2.05) is 0 Å². The van der Waals surface area contributed by atoms with Crippen LogP contribution in [0.1, 0.15) is 16.2 Å². The minimum Gasteiger partial charge on any atom is -0.391 e. The second-order valence-electron chi connectivity index (χ2n) is 6.82. The van der Waals surface area contributed by atoms with E-state index in [1.54, 1.807) is 31.2 Å². The SMILES string of the molecule is Cc1nc(-c2cccc(C(=O)N3C[C@@H](CS(=O)(=O)N(C)C)[C@H](O)C3)c2)no1. The largest absolute Gasteiger partial charge is 0.391 e. The second-order valence-corrected chi connectivity index (χ2v) is 9.04. The maximum atomic E-state index is 12.8. The number of rotatable bonds is 5. The molecule has 3 rings (SSSR count). The lowest BCUT2D eigenvalue weighted by atomic mass is 10.1. The molecule has 1 aliphatic rings. The summed E-state index contributed by atoms with van der Waals surface area (Å²) in [4.78, 5) is 18.4. The summed E-state index contributed by atoms with van der Waals surface area (Å²) in [5, 5.41) is 14.1. The van der Waals surface area contributed by atoms with Crippen LogP contribution >= 0.6 is 0 Å². The molecule has 2 aromatic rings. The molecule has 0 spiro atoms. The Labute approximate surface area is 157 Å². The molecular formula is C17H22N4O5S. The Morgan fingerprint density at radius 2 is 2.11 bits per heavy atom. The third-order valence-corrected chi connectivity index (χ3v) is 6.53. The molecule has 2 atom stereocenters. The highest BCUT2D eigenvalue weighted by Gasteiger charge is 2.37. The quantitative estimate of drug-likeness (QED) is 0.778. The number of nitrogens with zero attached hydrogens (tertiary/aromatic N) is 4. The Morgan fingerprint density at radius 1 is 1.37 bits per heavy atom. The van der Waals surface area contributed by atoms with Gasteiger partial charge in [0.15, 0.2) is 0 Å². The first kappa shape index (κ1) is 19.5. The Balaban J connectivity index is 1.75. The highest BCUT2D eigenvalue weighted by atomic mass is 32.2. The molecule has 0 bridgehead atoms. The van der Waals surface area contributed by atoms with E-state index in [4.69, 9.17) is 4.52 Å². The molecule has 146 valence electrons. The van der Waals surface area contributed by atoms with Gasteiger partial charge in [0.2, 0.25) is 21.7 Å².